The Kier molecular flexibility index (Phi) is 6.12. The Labute approximate surface area is 114 Å². The summed E-state index contributed by atoms with van der Waals surface area (Å²) in [6.07, 6.45) is 3.11. The molecule has 0 aliphatic rings. The second-order valence-corrected chi connectivity index (χ2v) is 4.44. The van der Waals surface area contributed by atoms with Crippen molar-refractivity contribution in [3.05, 3.63) is 28.3 Å². The smallest absolute Gasteiger partial charge is 0.275 e. The molecule has 1 atom stereocenters. The molecule has 1 rings (SSSR count). The van der Waals surface area contributed by atoms with Crippen molar-refractivity contribution in [1.29, 1.82) is 0 Å². The van der Waals surface area contributed by atoms with Gasteiger partial charge in [0.15, 0.2) is 0 Å². The van der Waals surface area contributed by atoms with E-state index in [-0.39, 0.29) is 5.69 Å². The Balaban J connectivity index is 2.94. The molecule has 5 heteroatoms. The van der Waals surface area contributed by atoms with Crippen molar-refractivity contribution in [3.63, 3.8) is 0 Å². The third-order valence-electron chi connectivity index (χ3n) is 2.91. The molecule has 0 heterocycles. The predicted molar refractivity (Wildman–Crippen MR) is 76.9 cm³/mol. The van der Waals surface area contributed by atoms with Crippen LogP contribution in [0.1, 0.15) is 40.0 Å². The first-order valence-electron chi connectivity index (χ1n) is 6.79. The Hall–Kier alpha value is -1.78. The van der Waals surface area contributed by atoms with Crippen LogP contribution in [-0.2, 0) is 0 Å². The summed E-state index contributed by atoms with van der Waals surface area (Å²) in [4.78, 5) is 10.5. The zero-order valence-corrected chi connectivity index (χ0v) is 11.8. The van der Waals surface area contributed by atoms with Gasteiger partial charge in [0.25, 0.3) is 5.69 Å². The molecule has 1 aromatic rings. The van der Waals surface area contributed by atoms with Gasteiger partial charge >= 0.3 is 0 Å². The topological polar surface area (TPSA) is 64.4 Å². The molecule has 1 N–H and O–H groups in total. The van der Waals surface area contributed by atoms with E-state index < -0.39 is 4.92 Å². The lowest BCUT2D eigenvalue weighted by molar-refractivity contribution is -0.384. The van der Waals surface area contributed by atoms with Gasteiger partial charge in [-0.2, -0.15) is 0 Å². The van der Waals surface area contributed by atoms with Gasteiger partial charge in [-0.25, -0.2) is 0 Å². The van der Waals surface area contributed by atoms with Gasteiger partial charge in [0, 0.05) is 23.9 Å². The van der Waals surface area contributed by atoms with E-state index in [0.29, 0.717) is 18.4 Å². The number of anilines is 1. The monoisotopic (exact) mass is 266 g/mol. The van der Waals surface area contributed by atoms with Crippen molar-refractivity contribution in [2.45, 2.75) is 46.1 Å². The number of ether oxygens (including phenoxy) is 1. The summed E-state index contributed by atoms with van der Waals surface area (Å²) in [6.45, 7) is 6.59. The molecule has 0 radical (unpaired) electrons. The van der Waals surface area contributed by atoms with Crippen LogP contribution in [0.3, 0.4) is 0 Å². The molecule has 1 unspecified atom stereocenters. The molecular formula is C14H22N2O3. The number of nitrogens with zero attached hydrogens (tertiary/aromatic N) is 1. The number of nitro groups is 1. The molecule has 106 valence electrons. The van der Waals surface area contributed by atoms with Crippen LogP contribution in [0, 0.1) is 10.1 Å². The van der Waals surface area contributed by atoms with Gasteiger partial charge in [-0.3, -0.25) is 10.1 Å². The third kappa shape index (κ3) is 4.77. The van der Waals surface area contributed by atoms with E-state index in [1.54, 1.807) is 6.07 Å². The summed E-state index contributed by atoms with van der Waals surface area (Å²) in [5, 5.41) is 14.3. The second kappa shape index (κ2) is 7.61. The molecule has 0 spiro atoms. The van der Waals surface area contributed by atoms with E-state index in [9.17, 15) is 10.1 Å². The Morgan fingerprint density at radius 3 is 2.58 bits per heavy atom. The molecule has 0 bridgehead atoms. The van der Waals surface area contributed by atoms with Gasteiger partial charge in [0.2, 0.25) is 0 Å². The molecule has 1 aromatic carbocycles. The van der Waals surface area contributed by atoms with Crippen LogP contribution >= 0.6 is 0 Å². The van der Waals surface area contributed by atoms with Gasteiger partial charge in [-0.1, -0.05) is 20.3 Å². The molecule has 0 saturated carbocycles. The Morgan fingerprint density at radius 2 is 2.05 bits per heavy atom. The number of nitrogens with one attached hydrogen (secondary N) is 1. The molecule has 0 aliphatic carbocycles. The van der Waals surface area contributed by atoms with Crippen molar-refractivity contribution in [1.82, 2.24) is 0 Å². The first kappa shape index (κ1) is 15.3. The van der Waals surface area contributed by atoms with Crippen LogP contribution in [0.25, 0.3) is 0 Å². The quantitative estimate of drug-likeness (QED) is 0.571. The largest absolute Gasteiger partial charge is 0.494 e. The Morgan fingerprint density at radius 1 is 1.32 bits per heavy atom. The molecule has 5 nitrogen and oxygen atoms in total. The van der Waals surface area contributed by atoms with Crippen molar-refractivity contribution in [3.8, 4) is 5.75 Å². The fourth-order valence-electron chi connectivity index (χ4n) is 1.98. The highest BCUT2D eigenvalue weighted by atomic mass is 16.6. The van der Waals surface area contributed by atoms with Crippen molar-refractivity contribution < 1.29 is 9.66 Å². The number of hydrogen-bond donors (Lipinski definition) is 1. The number of non-ortho nitro benzene ring substituents is 1. The number of hydrogen-bond acceptors (Lipinski definition) is 4. The van der Waals surface area contributed by atoms with Crippen molar-refractivity contribution in [2.24, 2.45) is 0 Å². The number of rotatable bonds is 8. The molecule has 0 saturated heterocycles. The molecule has 0 amide bonds. The normalized spacial score (nSPS) is 11.9. The SMILES string of the molecule is CCCC(CC)Nc1cc(OCC)cc([N+](=O)[O-])c1. The lowest BCUT2D eigenvalue weighted by atomic mass is 10.1. The maximum Gasteiger partial charge on any atom is 0.275 e. The summed E-state index contributed by atoms with van der Waals surface area (Å²) in [5.74, 6) is 0.533. The zero-order valence-electron chi connectivity index (χ0n) is 11.8. The maximum absolute atomic E-state index is 10.9. The fourth-order valence-corrected chi connectivity index (χ4v) is 1.98. The lowest BCUT2D eigenvalue weighted by Crippen LogP contribution is -2.18. The lowest BCUT2D eigenvalue weighted by Gasteiger charge is -2.18. The molecule has 0 aromatic heterocycles. The first-order valence-corrected chi connectivity index (χ1v) is 6.79. The van der Waals surface area contributed by atoms with Gasteiger partial charge in [-0.05, 0) is 19.8 Å². The van der Waals surface area contributed by atoms with E-state index in [0.717, 1.165) is 24.9 Å². The second-order valence-electron chi connectivity index (χ2n) is 4.44. The molecule has 19 heavy (non-hydrogen) atoms. The maximum atomic E-state index is 10.9. The average molecular weight is 266 g/mol. The van der Waals surface area contributed by atoms with E-state index in [1.807, 2.05) is 13.0 Å². The summed E-state index contributed by atoms with van der Waals surface area (Å²) in [6, 6.07) is 5.16. The number of nitro benzene ring substituents is 1. The van der Waals surface area contributed by atoms with E-state index in [1.165, 1.54) is 6.07 Å². The zero-order chi connectivity index (χ0) is 14.3. The van der Waals surface area contributed by atoms with Crippen LogP contribution in [0.2, 0.25) is 0 Å². The minimum Gasteiger partial charge on any atom is -0.494 e. The molecule has 0 aliphatic heterocycles. The van der Waals surface area contributed by atoms with Crippen molar-refractivity contribution >= 4 is 11.4 Å². The van der Waals surface area contributed by atoms with Gasteiger partial charge in [0.05, 0.1) is 17.6 Å². The summed E-state index contributed by atoms with van der Waals surface area (Å²) >= 11 is 0. The fraction of sp³-hybridized carbons (Fsp3) is 0.571. The Bertz CT molecular complexity index is 421. The van der Waals surface area contributed by atoms with Crippen LogP contribution in [0.4, 0.5) is 11.4 Å². The highest BCUT2D eigenvalue weighted by Gasteiger charge is 2.12. The summed E-state index contributed by atoms with van der Waals surface area (Å²) < 4.78 is 5.37. The van der Waals surface area contributed by atoms with E-state index >= 15 is 0 Å². The van der Waals surface area contributed by atoms with Crippen LogP contribution in [-0.4, -0.2) is 17.6 Å². The van der Waals surface area contributed by atoms with E-state index in [4.69, 9.17) is 4.74 Å². The highest BCUT2D eigenvalue weighted by Crippen LogP contribution is 2.27. The van der Waals surface area contributed by atoms with Crippen molar-refractivity contribution in [2.75, 3.05) is 11.9 Å². The van der Waals surface area contributed by atoms with Gasteiger partial charge in [-0.15, -0.1) is 0 Å². The van der Waals surface area contributed by atoms with Crippen LogP contribution in [0.15, 0.2) is 18.2 Å². The average Bonchev–Trinajstić information content (AvgIpc) is 2.38. The minimum atomic E-state index is -0.394. The standard InChI is InChI=1S/C14H22N2O3/c1-4-7-11(5-2)15-12-8-13(16(17)18)10-14(9-12)19-6-3/h8-11,15H,4-7H2,1-3H3. The summed E-state index contributed by atoms with van der Waals surface area (Å²) in [5.41, 5.74) is 0.803. The predicted octanol–water partition coefficient (Wildman–Crippen LogP) is 3.98. The molecule has 0 fully saturated rings. The number of benzene rings is 1. The highest BCUT2D eigenvalue weighted by molar-refractivity contribution is 5.56. The third-order valence-corrected chi connectivity index (χ3v) is 2.91. The summed E-state index contributed by atoms with van der Waals surface area (Å²) in [7, 11) is 0. The van der Waals surface area contributed by atoms with Gasteiger partial charge < -0.3 is 10.1 Å². The van der Waals surface area contributed by atoms with Crippen LogP contribution in [0.5, 0.6) is 5.75 Å². The van der Waals surface area contributed by atoms with Crippen LogP contribution < -0.4 is 10.1 Å². The molecular weight excluding hydrogens is 244 g/mol. The van der Waals surface area contributed by atoms with Gasteiger partial charge in [0.1, 0.15) is 5.75 Å². The van der Waals surface area contributed by atoms with E-state index in [2.05, 4.69) is 19.2 Å². The first-order chi connectivity index (χ1) is 9.10. The minimum absolute atomic E-state index is 0.0554.